The Hall–Kier alpha value is -2.46. The predicted octanol–water partition coefficient (Wildman–Crippen LogP) is 3.25. The van der Waals surface area contributed by atoms with E-state index >= 15 is 0 Å². The molecule has 2 heterocycles. The third-order valence-corrected chi connectivity index (χ3v) is 4.52. The summed E-state index contributed by atoms with van der Waals surface area (Å²) in [6.07, 6.45) is 1.07. The Morgan fingerprint density at radius 1 is 0.958 bits per heavy atom. The molecule has 4 rings (SSSR count). The molecular formula is C20H22N4. The molecule has 0 saturated heterocycles. The number of benzene rings is 2. The van der Waals surface area contributed by atoms with Gasteiger partial charge in [-0.3, -0.25) is 0 Å². The van der Waals surface area contributed by atoms with Gasteiger partial charge in [-0.2, -0.15) is 0 Å². The summed E-state index contributed by atoms with van der Waals surface area (Å²) in [5, 5.41) is 1.14. The van der Waals surface area contributed by atoms with Gasteiger partial charge in [-0.25, -0.2) is 9.97 Å². The van der Waals surface area contributed by atoms with E-state index in [1.165, 1.54) is 11.1 Å². The molecule has 0 unspecified atom stereocenters. The van der Waals surface area contributed by atoms with Crippen LogP contribution >= 0.6 is 0 Å². The van der Waals surface area contributed by atoms with Gasteiger partial charge in [0.05, 0.1) is 12.1 Å². The summed E-state index contributed by atoms with van der Waals surface area (Å²) in [6.45, 7) is 2.67. The normalized spacial score (nSPS) is 14.2. The number of anilines is 1. The maximum atomic E-state index is 4.91. The van der Waals surface area contributed by atoms with E-state index in [-0.39, 0.29) is 0 Å². The zero-order valence-corrected chi connectivity index (χ0v) is 14.2. The Kier molecular flexibility index (Phi) is 3.90. The maximum Gasteiger partial charge on any atom is 0.145 e. The maximum absolute atomic E-state index is 4.91. The third-order valence-electron chi connectivity index (χ3n) is 4.52. The van der Waals surface area contributed by atoms with Crippen molar-refractivity contribution >= 4 is 16.7 Å². The van der Waals surface area contributed by atoms with E-state index in [0.29, 0.717) is 0 Å². The molecule has 4 nitrogen and oxygen atoms in total. The van der Waals surface area contributed by atoms with E-state index in [1.807, 2.05) is 6.07 Å². The van der Waals surface area contributed by atoms with Crippen LogP contribution in [0, 0.1) is 0 Å². The second kappa shape index (κ2) is 6.21. The fourth-order valence-corrected chi connectivity index (χ4v) is 3.38. The topological polar surface area (TPSA) is 32.3 Å². The quantitative estimate of drug-likeness (QED) is 0.742. The predicted molar refractivity (Wildman–Crippen MR) is 98.1 cm³/mol. The summed E-state index contributed by atoms with van der Waals surface area (Å²) in [6, 6.07) is 17.0. The van der Waals surface area contributed by atoms with Crippen LogP contribution in [0.3, 0.4) is 0 Å². The minimum absolute atomic E-state index is 0.752. The van der Waals surface area contributed by atoms with E-state index in [1.54, 1.807) is 0 Å². The molecule has 0 spiro atoms. The van der Waals surface area contributed by atoms with Gasteiger partial charge in [0.25, 0.3) is 0 Å². The Labute approximate surface area is 142 Å². The van der Waals surface area contributed by atoms with Crippen molar-refractivity contribution in [3.63, 3.8) is 0 Å². The first kappa shape index (κ1) is 15.1. The second-order valence-electron chi connectivity index (χ2n) is 6.66. The first-order valence-electron chi connectivity index (χ1n) is 8.43. The van der Waals surface area contributed by atoms with Gasteiger partial charge < -0.3 is 9.80 Å². The van der Waals surface area contributed by atoms with Crippen LogP contribution < -0.4 is 4.90 Å². The van der Waals surface area contributed by atoms with Crippen molar-refractivity contribution < 1.29 is 0 Å². The highest BCUT2D eigenvalue weighted by Crippen LogP contribution is 2.28. The van der Waals surface area contributed by atoms with Crippen LogP contribution in [0.4, 0.5) is 5.82 Å². The minimum atomic E-state index is 0.752. The van der Waals surface area contributed by atoms with Crippen molar-refractivity contribution in [1.29, 1.82) is 0 Å². The Morgan fingerprint density at radius 2 is 1.71 bits per heavy atom. The highest BCUT2D eigenvalue weighted by atomic mass is 15.2. The average molecular weight is 318 g/mol. The lowest BCUT2D eigenvalue weighted by Crippen LogP contribution is -2.31. The number of nitrogens with zero attached hydrogens (tertiary/aromatic N) is 4. The molecule has 24 heavy (non-hydrogen) atoms. The van der Waals surface area contributed by atoms with Gasteiger partial charge in [-0.15, -0.1) is 0 Å². The molecule has 3 aromatic rings. The van der Waals surface area contributed by atoms with Gasteiger partial charge >= 0.3 is 0 Å². The van der Waals surface area contributed by atoms with Crippen molar-refractivity contribution in [3.8, 4) is 0 Å². The van der Waals surface area contributed by atoms with E-state index in [2.05, 4.69) is 66.4 Å². The molecule has 4 heteroatoms. The molecule has 0 amide bonds. The Balaban J connectivity index is 1.78. The standard InChI is InChI=1S/C20H22N4/c1-23(2)14-19-21-18-10-6-5-9-17(18)20(22-19)24-12-11-15-7-3-4-8-16(15)13-24/h3-10H,11-14H2,1-2H3. The SMILES string of the molecule is CN(C)Cc1nc(N2CCc3ccccc3C2)c2ccccc2n1. The number of rotatable bonds is 3. The van der Waals surface area contributed by atoms with Crippen LogP contribution in [0.2, 0.25) is 0 Å². The van der Waals surface area contributed by atoms with Crippen LogP contribution in [0.25, 0.3) is 10.9 Å². The fourth-order valence-electron chi connectivity index (χ4n) is 3.38. The van der Waals surface area contributed by atoms with E-state index in [4.69, 9.17) is 9.97 Å². The number of fused-ring (bicyclic) bond motifs is 2. The number of para-hydroxylation sites is 1. The smallest absolute Gasteiger partial charge is 0.145 e. The molecule has 2 aromatic carbocycles. The average Bonchev–Trinajstić information content (AvgIpc) is 2.60. The van der Waals surface area contributed by atoms with Gasteiger partial charge in [0.2, 0.25) is 0 Å². The zero-order valence-electron chi connectivity index (χ0n) is 14.2. The van der Waals surface area contributed by atoms with Crippen molar-refractivity contribution in [2.24, 2.45) is 0 Å². The van der Waals surface area contributed by atoms with Gasteiger partial charge in [0.1, 0.15) is 11.6 Å². The summed E-state index contributed by atoms with van der Waals surface area (Å²) < 4.78 is 0. The number of hydrogen-bond donors (Lipinski definition) is 0. The molecule has 0 saturated carbocycles. The molecule has 0 radical (unpaired) electrons. The van der Waals surface area contributed by atoms with Gasteiger partial charge in [0, 0.05) is 18.5 Å². The zero-order chi connectivity index (χ0) is 16.5. The van der Waals surface area contributed by atoms with Gasteiger partial charge in [-0.05, 0) is 43.8 Å². The van der Waals surface area contributed by atoms with Gasteiger partial charge in [0.15, 0.2) is 0 Å². The lowest BCUT2D eigenvalue weighted by atomic mass is 10.00. The highest BCUT2D eigenvalue weighted by Gasteiger charge is 2.20. The summed E-state index contributed by atoms with van der Waals surface area (Å²) in [4.78, 5) is 14.2. The summed E-state index contributed by atoms with van der Waals surface area (Å²) in [5.41, 5.74) is 3.89. The molecule has 0 N–H and O–H groups in total. The molecule has 1 aliphatic heterocycles. The van der Waals surface area contributed by atoms with E-state index in [0.717, 1.165) is 48.6 Å². The van der Waals surface area contributed by atoms with Crippen LogP contribution in [0.5, 0.6) is 0 Å². The molecule has 122 valence electrons. The molecular weight excluding hydrogens is 296 g/mol. The highest BCUT2D eigenvalue weighted by molar-refractivity contribution is 5.89. The minimum Gasteiger partial charge on any atom is -0.351 e. The van der Waals surface area contributed by atoms with Crippen LogP contribution in [-0.4, -0.2) is 35.5 Å². The van der Waals surface area contributed by atoms with Crippen LogP contribution in [-0.2, 0) is 19.5 Å². The lowest BCUT2D eigenvalue weighted by molar-refractivity contribution is 0.391. The number of hydrogen-bond acceptors (Lipinski definition) is 4. The van der Waals surface area contributed by atoms with Crippen molar-refractivity contribution in [3.05, 3.63) is 65.5 Å². The summed E-state index contributed by atoms with van der Waals surface area (Å²) >= 11 is 0. The Bertz CT molecular complexity index is 872. The first-order chi connectivity index (χ1) is 11.7. The summed E-state index contributed by atoms with van der Waals surface area (Å²) in [5.74, 6) is 1.94. The van der Waals surface area contributed by atoms with Crippen molar-refractivity contribution in [2.75, 3.05) is 25.5 Å². The molecule has 1 aliphatic rings. The van der Waals surface area contributed by atoms with E-state index < -0.39 is 0 Å². The van der Waals surface area contributed by atoms with Crippen molar-refractivity contribution in [1.82, 2.24) is 14.9 Å². The van der Waals surface area contributed by atoms with Crippen LogP contribution in [0.15, 0.2) is 48.5 Å². The van der Waals surface area contributed by atoms with Crippen molar-refractivity contribution in [2.45, 2.75) is 19.5 Å². The molecule has 0 bridgehead atoms. The van der Waals surface area contributed by atoms with Gasteiger partial charge in [-0.1, -0.05) is 36.4 Å². The van der Waals surface area contributed by atoms with Crippen LogP contribution in [0.1, 0.15) is 17.0 Å². The molecule has 0 aliphatic carbocycles. The molecule has 0 atom stereocenters. The van der Waals surface area contributed by atoms with E-state index in [9.17, 15) is 0 Å². The lowest BCUT2D eigenvalue weighted by Gasteiger charge is -2.31. The monoisotopic (exact) mass is 318 g/mol. The number of aromatic nitrogens is 2. The molecule has 0 fully saturated rings. The first-order valence-corrected chi connectivity index (χ1v) is 8.43. The largest absolute Gasteiger partial charge is 0.351 e. The Morgan fingerprint density at radius 3 is 2.54 bits per heavy atom. The third kappa shape index (κ3) is 2.85. The fraction of sp³-hybridized carbons (Fsp3) is 0.300. The molecule has 1 aromatic heterocycles. The second-order valence-corrected chi connectivity index (χ2v) is 6.66. The summed E-state index contributed by atoms with van der Waals surface area (Å²) in [7, 11) is 4.10.